The summed E-state index contributed by atoms with van der Waals surface area (Å²) in [6.07, 6.45) is -3.57. The summed E-state index contributed by atoms with van der Waals surface area (Å²) in [6.45, 7) is 5.39. The number of carbonyl (C=O) groups is 1. The molecule has 4 atom stereocenters. The molecule has 0 radical (unpaired) electrons. The van der Waals surface area contributed by atoms with Crippen LogP contribution in [0.2, 0.25) is 0 Å². The van der Waals surface area contributed by atoms with Gasteiger partial charge in [-0.2, -0.15) is 13.2 Å². The van der Waals surface area contributed by atoms with E-state index < -0.39 is 18.1 Å². The number of hydrogen-bond acceptors (Lipinski definition) is 9. The molecule has 1 aromatic heterocycles. The molecule has 4 aliphatic rings. The number of ether oxygens (including phenoxy) is 2. The minimum absolute atomic E-state index is 0.0504. The molecule has 10 nitrogen and oxygen atoms in total. The van der Waals surface area contributed by atoms with Crippen molar-refractivity contribution in [2.75, 3.05) is 48.3 Å². The Bertz CT molecular complexity index is 1580. The third kappa shape index (κ3) is 5.51. The number of halogens is 3. The molecule has 13 heteroatoms. The first kappa shape index (κ1) is 28.7. The van der Waals surface area contributed by atoms with Crippen molar-refractivity contribution in [3.63, 3.8) is 0 Å². The van der Waals surface area contributed by atoms with Gasteiger partial charge in [0.2, 0.25) is 5.91 Å². The first-order valence-electron chi connectivity index (χ1n) is 14.8. The number of pyridine rings is 1. The fraction of sp³-hybridized carbons (Fsp3) is 0.419. The molecule has 232 valence electrons. The number of rotatable bonds is 8. The van der Waals surface area contributed by atoms with Crippen LogP contribution in [0, 0.1) is 0 Å². The third-order valence-corrected chi connectivity index (χ3v) is 8.77. The molecule has 3 aliphatic heterocycles. The Balaban J connectivity index is 1.01. The van der Waals surface area contributed by atoms with Crippen LogP contribution >= 0.6 is 0 Å². The molecule has 4 heterocycles. The second kappa shape index (κ2) is 11.1. The summed E-state index contributed by atoms with van der Waals surface area (Å²) < 4.78 is 54.4. The zero-order valence-corrected chi connectivity index (χ0v) is 24.0. The maximum absolute atomic E-state index is 14.1. The SMILES string of the molecule is CCN1CCN(c2ccc(NC(O)N[C@@H]3[C@H]4Oc5ccc(Oc6ccnc7c6CCC(=O)N7)cc5[C@@H]34)cc2C(F)(F)F)CC1. The fourth-order valence-electron chi connectivity index (χ4n) is 6.40. The van der Waals surface area contributed by atoms with E-state index in [-0.39, 0.29) is 35.3 Å². The molecule has 1 saturated carbocycles. The standard InChI is InChI=1S/C31H33F3N6O4/c1-2-39-11-13-40(14-12-39)22-6-3-17(15-21(22)31(32,33)34)36-30(42)38-27-26-20-16-18(4-7-23(20)44-28(26)27)43-24-9-10-35-29-19(24)5-8-25(41)37-29/h3-4,6-7,9-10,15-16,26-28,30,36,38,42H,2,5,8,11-14H2,1H3,(H,35,37,41)/t26-,27-,28-,30?/m0/s1. The van der Waals surface area contributed by atoms with Gasteiger partial charge in [0.1, 0.15) is 29.2 Å². The van der Waals surface area contributed by atoms with Crippen LogP contribution in [-0.2, 0) is 17.4 Å². The summed E-state index contributed by atoms with van der Waals surface area (Å²) in [6, 6.07) is 11.1. The Morgan fingerprint density at radius 1 is 1.14 bits per heavy atom. The molecule has 4 N–H and O–H groups in total. The summed E-state index contributed by atoms with van der Waals surface area (Å²) in [5, 5.41) is 19.3. The van der Waals surface area contributed by atoms with Gasteiger partial charge in [0, 0.05) is 67.2 Å². The van der Waals surface area contributed by atoms with Gasteiger partial charge in [0.15, 0.2) is 6.35 Å². The van der Waals surface area contributed by atoms with Crippen molar-refractivity contribution in [2.24, 2.45) is 0 Å². The first-order valence-corrected chi connectivity index (χ1v) is 14.8. The van der Waals surface area contributed by atoms with E-state index in [1.165, 1.54) is 6.07 Å². The molecule has 1 saturated heterocycles. The highest BCUT2D eigenvalue weighted by Gasteiger charge is 2.59. The minimum atomic E-state index is -4.54. The predicted molar refractivity (Wildman–Crippen MR) is 157 cm³/mol. The van der Waals surface area contributed by atoms with Crippen LogP contribution in [0.5, 0.6) is 17.2 Å². The highest BCUT2D eigenvalue weighted by atomic mass is 19.4. The number of likely N-dealkylation sites (N-methyl/N-ethyl adjacent to an activating group) is 1. The quantitative estimate of drug-likeness (QED) is 0.280. The molecule has 1 unspecified atom stereocenters. The molecule has 1 aliphatic carbocycles. The Morgan fingerprint density at radius 3 is 2.73 bits per heavy atom. The smallest absolute Gasteiger partial charge is 0.418 e. The van der Waals surface area contributed by atoms with Crippen LogP contribution < -0.4 is 30.3 Å². The average Bonchev–Trinajstić information content (AvgIpc) is 3.52. The van der Waals surface area contributed by atoms with E-state index in [1.54, 1.807) is 23.2 Å². The van der Waals surface area contributed by atoms with Crippen molar-refractivity contribution in [2.45, 2.75) is 50.4 Å². The van der Waals surface area contributed by atoms with E-state index in [0.29, 0.717) is 56.3 Å². The monoisotopic (exact) mass is 610 g/mol. The number of nitrogens with one attached hydrogen (secondary N) is 3. The van der Waals surface area contributed by atoms with E-state index in [1.807, 2.05) is 25.1 Å². The van der Waals surface area contributed by atoms with Crippen LogP contribution in [0.25, 0.3) is 0 Å². The van der Waals surface area contributed by atoms with E-state index in [2.05, 4.69) is 25.8 Å². The highest BCUT2D eigenvalue weighted by Crippen LogP contribution is 2.55. The van der Waals surface area contributed by atoms with E-state index >= 15 is 0 Å². The lowest BCUT2D eigenvalue weighted by Gasteiger charge is -2.36. The van der Waals surface area contributed by atoms with Gasteiger partial charge in [-0.05, 0) is 55.4 Å². The summed E-state index contributed by atoms with van der Waals surface area (Å²) >= 11 is 0. The van der Waals surface area contributed by atoms with Crippen molar-refractivity contribution in [1.29, 1.82) is 0 Å². The van der Waals surface area contributed by atoms with Gasteiger partial charge in [-0.15, -0.1) is 0 Å². The van der Waals surface area contributed by atoms with Gasteiger partial charge in [-0.3, -0.25) is 10.1 Å². The van der Waals surface area contributed by atoms with Gasteiger partial charge < -0.3 is 35.0 Å². The Hall–Kier alpha value is -4.07. The van der Waals surface area contributed by atoms with Crippen LogP contribution in [-0.4, -0.2) is 72.1 Å². The van der Waals surface area contributed by atoms with Gasteiger partial charge in [0.05, 0.1) is 11.6 Å². The van der Waals surface area contributed by atoms with Crippen LogP contribution in [0.3, 0.4) is 0 Å². The summed E-state index contributed by atoms with van der Waals surface area (Å²) in [5.74, 6) is 2.31. The molecule has 2 aromatic carbocycles. The first-order chi connectivity index (χ1) is 21.2. The van der Waals surface area contributed by atoms with E-state index in [9.17, 15) is 23.1 Å². The molecule has 44 heavy (non-hydrogen) atoms. The van der Waals surface area contributed by atoms with E-state index in [0.717, 1.165) is 29.5 Å². The number of aliphatic hydroxyl groups is 1. The lowest BCUT2D eigenvalue weighted by Crippen LogP contribution is -2.46. The number of hydrogen-bond donors (Lipinski definition) is 4. The molecule has 2 fully saturated rings. The summed E-state index contributed by atoms with van der Waals surface area (Å²) in [4.78, 5) is 20.0. The zero-order valence-electron chi connectivity index (χ0n) is 24.0. The number of aromatic nitrogens is 1. The zero-order chi connectivity index (χ0) is 30.6. The maximum atomic E-state index is 14.1. The highest BCUT2D eigenvalue weighted by molar-refractivity contribution is 5.93. The van der Waals surface area contributed by atoms with Crippen LogP contribution in [0.15, 0.2) is 48.7 Å². The number of anilines is 3. The Kier molecular flexibility index (Phi) is 7.26. The van der Waals surface area contributed by atoms with Crippen molar-refractivity contribution in [3.8, 4) is 17.2 Å². The summed E-state index contributed by atoms with van der Waals surface area (Å²) in [7, 11) is 0. The number of piperazine rings is 1. The normalized spacial score (nSPS) is 23.2. The second-order valence-electron chi connectivity index (χ2n) is 11.5. The van der Waals surface area contributed by atoms with Crippen molar-refractivity contribution in [3.05, 3.63) is 65.4 Å². The predicted octanol–water partition coefficient (Wildman–Crippen LogP) is 4.12. The molecule has 1 amide bonds. The van der Waals surface area contributed by atoms with Gasteiger partial charge in [-0.1, -0.05) is 6.92 Å². The van der Waals surface area contributed by atoms with Gasteiger partial charge >= 0.3 is 6.18 Å². The molecule has 0 bridgehead atoms. The topological polar surface area (TPSA) is 111 Å². The number of fused-ring (bicyclic) bond motifs is 4. The van der Waals surface area contributed by atoms with Gasteiger partial charge in [0.25, 0.3) is 0 Å². The van der Waals surface area contributed by atoms with Crippen molar-refractivity contribution in [1.82, 2.24) is 15.2 Å². The number of benzene rings is 2. The minimum Gasteiger partial charge on any atom is -0.488 e. The molecular weight excluding hydrogens is 577 g/mol. The van der Waals surface area contributed by atoms with E-state index in [4.69, 9.17) is 9.47 Å². The average molecular weight is 611 g/mol. The second-order valence-corrected chi connectivity index (χ2v) is 11.5. The lowest BCUT2D eigenvalue weighted by molar-refractivity contribution is -0.137. The van der Waals surface area contributed by atoms with Crippen LogP contribution in [0.1, 0.15) is 36.0 Å². The largest absolute Gasteiger partial charge is 0.488 e. The van der Waals surface area contributed by atoms with Gasteiger partial charge in [-0.25, -0.2) is 4.98 Å². The van der Waals surface area contributed by atoms with Crippen LogP contribution in [0.4, 0.5) is 30.4 Å². The maximum Gasteiger partial charge on any atom is 0.418 e. The lowest BCUT2D eigenvalue weighted by atomic mass is 10.1. The number of nitrogens with zero attached hydrogens (tertiary/aromatic N) is 3. The van der Waals surface area contributed by atoms with Crippen molar-refractivity contribution < 1.29 is 32.5 Å². The fourth-order valence-corrected chi connectivity index (χ4v) is 6.40. The number of alkyl halides is 3. The number of carbonyl (C=O) groups excluding carboxylic acids is 1. The molecular formula is C31H33F3N6O4. The Morgan fingerprint density at radius 2 is 1.95 bits per heavy atom. The number of aliphatic hydroxyl groups excluding tert-OH is 1. The van der Waals surface area contributed by atoms with Crippen molar-refractivity contribution >= 4 is 23.1 Å². The third-order valence-electron chi connectivity index (χ3n) is 8.77. The number of amides is 1. The molecule has 7 rings (SSSR count). The summed E-state index contributed by atoms with van der Waals surface area (Å²) in [5.41, 5.74) is 1.33. The molecule has 0 spiro atoms. The Labute approximate surface area is 252 Å². The molecule has 3 aromatic rings.